The molecule has 1 aromatic heterocycles. The number of aliphatic hydroxyl groups is 1. The van der Waals surface area contributed by atoms with E-state index in [0.717, 1.165) is 57.7 Å². The van der Waals surface area contributed by atoms with Crippen LogP contribution in [-0.4, -0.2) is 70.1 Å². The monoisotopic (exact) mass is 377 g/mol. The van der Waals surface area contributed by atoms with Gasteiger partial charge in [0.15, 0.2) is 0 Å². The number of hydrogen-bond acceptors (Lipinski definition) is 5. The number of hydrogen-bond donors (Lipinski definition) is 1. The van der Waals surface area contributed by atoms with Gasteiger partial charge in [-0.2, -0.15) is 11.8 Å². The predicted molar refractivity (Wildman–Crippen MR) is 106 cm³/mol. The Kier molecular flexibility index (Phi) is 6.95. The standard InChI is InChI=1S/C20H31N3O2S/c1-2-26-16-19(25)23-12-7-20(18(14-23)15-24)5-10-22(11-6-20)13-17-3-8-21-9-4-17/h3-4,8-9,18,24H,2,5-7,10-16H2,1H3. The molecule has 2 fully saturated rings. The quantitative estimate of drug-likeness (QED) is 0.824. The highest BCUT2D eigenvalue weighted by Crippen LogP contribution is 2.45. The lowest BCUT2D eigenvalue weighted by atomic mass is 9.64. The number of carbonyl (C=O) groups is 1. The van der Waals surface area contributed by atoms with Crippen molar-refractivity contribution in [1.29, 1.82) is 0 Å². The van der Waals surface area contributed by atoms with Crippen molar-refractivity contribution in [2.45, 2.75) is 32.7 Å². The third kappa shape index (κ3) is 4.59. The summed E-state index contributed by atoms with van der Waals surface area (Å²) in [4.78, 5) is 20.9. The Bertz CT molecular complexity index is 576. The molecule has 1 atom stereocenters. The Balaban J connectivity index is 1.55. The zero-order valence-corrected chi connectivity index (χ0v) is 16.6. The molecule has 1 amide bonds. The molecule has 0 radical (unpaired) electrons. The number of aliphatic hydroxyl groups excluding tert-OH is 1. The number of piperidine rings is 2. The van der Waals surface area contributed by atoms with E-state index in [0.29, 0.717) is 5.75 Å². The average Bonchev–Trinajstić information content (AvgIpc) is 2.69. The minimum absolute atomic E-state index is 0.190. The number of pyridine rings is 1. The molecule has 2 aliphatic rings. The Morgan fingerprint density at radius 2 is 1.96 bits per heavy atom. The number of thioether (sulfide) groups is 1. The summed E-state index contributed by atoms with van der Waals surface area (Å²) in [5.41, 5.74) is 1.52. The summed E-state index contributed by atoms with van der Waals surface area (Å²) < 4.78 is 0. The van der Waals surface area contributed by atoms with Gasteiger partial charge in [0.2, 0.25) is 5.91 Å². The number of nitrogens with zero attached hydrogens (tertiary/aromatic N) is 3. The van der Waals surface area contributed by atoms with Crippen molar-refractivity contribution < 1.29 is 9.90 Å². The first-order valence-corrected chi connectivity index (χ1v) is 10.9. The Hall–Kier alpha value is -1.11. The van der Waals surface area contributed by atoms with Gasteiger partial charge < -0.3 is 10.0 Å². The highest BCUT2D eigenvalue weighted by atomic mass is 32.2. The number of likely N-dealkylation sites (tertiary alicyclic amines) is 2. The van der Waals surface area contributed by atoms with Crippen molar-refractivity contribution in [2.24, 2.45) is 11.3 Å². The summed E-state index contributed by atoms with van der Waals surface area (Å²) in [6.07, 6.45) is 6.98. The van der Waals surface area contributed by atoms with Gasteiger partial charge in [-0.1, -0.05) is 6.92 Å². The lowest BCUT2D eigenvalue weighted by Crippen LogP contribution is -2.54. The van der Waals surface area contributed by atoms with E-state index in [9.17, 15) is 9.90 Å². The van der Waals surface area contributed by atoms with E-state index in [4.69, 9.17) is 0 Å². The zero-order valence-electron chi connectivity index (χ0n) is 15.8. The van der Waals surface area contributed by atoms with E-state index in [1.165, 1.54) is 5.56 Å². The van der Waals surface area contributed by atoms with E-state index in [2.05, 4.69) is 28.9 Å². The molecule has 26 heavy (non-hydrogen) atoms. The summed E-state index contributed by atoms with van der Waals surface area (Å²) in [6, 6.07) is 4.17. The fraction of sp³-hybridized carbons (Fsp3) is 0.700. The maximum absolute atomic E-state index is 12.4. The van der Waals surface area contributed by atoms with Gasteiger partial charge in [-0.3, -0.25) is 14.7 Å². The average molecular weight is 378 g/mol. The SMILES string of the molecule is CCSCC(=O)N1CCC2(CCN(Cc3ccncc3)CC2)C(CO)C1. The summed E-state index contributed by atoms with van der Waals surface area (Å²) in [6.45, 7) is 6.96. The second-order valence-electron chi connectivity index (χ2n) is 7.60. The van der Waals surface area contributed by atoms with Gasteiger partial charge in [0, 0.05) is 44.6 Å². The molecular weight excluding hydrogens is 346 g/mol. The summed E-state index contributed by atoms with van der Waals surface area (Å²) in [5.74, 6) is 2.00. The van der Waals surface area contributed by atoms with Crippen LogP contribution in [0.1, 0.15) is 31.7 Å². The van der Waals surface area contributed by atoms with E-state index in [1.54, 1.807) is 11.8 Å². The first-order chi connectivity index (χ1) is 12.7. The molecule has 3 heterocycles. The van der Waals surface area contributed by atoms with E-state index in [1.807, 2.05) is 17.3 Å². The molecule has 0 aromatic carbocycles. The van der Waals surface area contributed by atoms with Crippen LogP contribution in [0.15, 0.2) is 24.5 Å². The molecule has 3 rings (SSSR count). The second-order valence-corrected chi connectivity index (χ2v) is 8.87. The first kappa shape index (κ1) is 19.6. The van der Waals surface area contributed by atoms with Gasteiger partial charge in [0.25, 0.3) is 0 Å². The molecule has 1 aromatic rings. The van der Waals surface area contributed by atoms with Crippen LogP contribution in [0.3, 0.4) is 0 Å². The van der Waals surface area contributed by atoms with Gasteiger partial charge in [-0.05, 0) is 61.2 Å². The van der Waals surface area contributed by atoms with Crippen molar-refractivity contribution in [1.82, 2.24) is 14.8 Å². The molecule has 5 nitrogen and oxygen atoms in total. The normalized spacial score (nSPS) is 23.3. The summed E-state index contributed by atoms with van der Waals surface area (Å²) in [7, 11) is 0. The molecule has 1 unspecified atom stereocenters. The van der Waals surface area contributed by atoms with Gasteiger partial charge in [0.1, 0.15) is 0 Å². The number of carbonyl (C=O) groups excluding carboxylic acids is 1. The van der Waals surface area contributed by atoms with Crippen molar-refractivity contribution in [3.8, 4) is 0 Å². The van der Waals surface area contributed by atoms with Crippen LogP contribution >= 0.6 is 11.8 Å². The lowest BCUT2D eigenvalue weighted by molar-refractivity contribution is -0.135. The van der Waals surface area contributed by atoms with E-state index in [-0.39, 0.29) is 23.8 Å². The maximum atomic E-state index is 12.4. The molecule has 6 heteroatoms. The topological polar surface area (TPSA) is 56.7 Å². The third-order valence-electron chi connectivity index (χ3n) is 6.20. The third-order valence-corrected chi connectivity index (χ3v) is 7.06. The molecule has 2 saturated heterocycles. The number of aromatic nitrogens is 1. The molecule has 0 aliphatic carbocycles. The highest BCUT2D eigenvalue weighted by molar-refractivity contribution is 7.99. The Morgan fingerprint density at radius 3 is 2.62 bits per heavy atom. The van der Waals surface area contributed by atoms with Gasteiger partial charge in [-0.15, -0.1) is 0 Å². The fourth-order valence-corrected chi connectivity index (χ4v) is 4.99. The second kappa shape index (κ2) is 9.20. The van der Waals surface area contributed by atoms with Crippen LogP contribution in [-0.2, 0) is 11.3 Å². The van der Waals surface area contributed by atoms with E-state index >= 15 is 0 Å². The summed E-state index contributed by atoms with van der Waals surface area (Å²) >= 11 is 1.68. The van der Waals surface area contributed by atoms with Crippen LogP contribution < -0.4 is 0 Å². The molecule has 2 aliphatic heterocycles. The Morgan fingerprint density at radius 1 is 1.27 bits per heavy atom. The summed E-state index contributed by atoms with van der Waals surface area (Å²) in [5, 5.41) is 10.0. The lowest BCUT2D eigenvalue weighted by Gasteiger charge is -2.51. The molecule has 144 valence electrons. The van der Waals surface area contributed by atoms with Crippen LogP contribution in [0.4, 0.5) is 0 Å². The molecule has 1 N–H and O–H groups in total. The predicted octanol–water partition coefficient (Wildman–Crippen LogP) is 2.26. The minimum Gasteiger partial charge on any atom is -0.396 e. The number of rotatable bonds is 6. The van der Waals surface area contributed by atoms with Crippen LogP contribution in [0.25, 0.3) is 0 Å². The fourth-order valence-electron chi connectivity index (χ4n) is 4.43. The van der Waals surface area contributed by atoms with Crippen molar-refractivity contribution in [2.75, 3.05) is 44.3 Å². The van der Waals surface area contributed by atoms with Crippen molar-refractivity contribution in [3.63, 3.8) is 0 Å². The van der Waals surface area contributed by atoms with Gasteiger partial charge in [0.05, 0.1) is 5.75 Å². The molecule has 0 saturated carbocycles. The van der Waals surface area contributed by atoms with E-state index < -0.39 is 0 Å². The van der Waals surface area contributed by atoms with Crippen molar-refractivity contribution >= 4 is 17.7 Å². The largest absolute Gasteiger partial charge is 0.396 e. The Labute approximate surface area is 161 Å². The molecule has 0 bridgehead atoms. The van der Waals surface area contributed by atoms with Crippen LogP contribution in [0, 0.1) is 11.3 Å². The smallest absolute Gasteiger partial charge is 0.232 e. The van der Waals surface area contributed by atoms with Crippen molar-refractivity contribution in [3.05, 3.63) is 30.1 Å². The van der Waals surface area contributed by atoms with Gasteiger partial charge in [-0.25, -0.2) is 0 Å². The van der Waals surface area contributed by atoms with Crippen LogP contribution in [0.2, 0.25) is 0 Å². The molecule has 1 spiro atoms. The molecular formula is C20H31N3O2S. The highest BCUT2D eigenvalue weighted by Gasteiger charge is 2.45. The first-order valence-electron chi connectivity index (χ1n) is 9.74. The minimum atomic E-state index is 0.190. The maximum Gasteiger partial charge on any atom is 0.232 e. The van der Waals surface area contributed by atoms with Crippen LogP contribution in [0.5, 0.6) is 0 Å². The zero-order chi connectivity index (χ0) is 18.4. The number of amides is 1. The van der Waals surface area contributed by atoms with Gasteiger partial charge >= 0.3 is 0 Å².